The van der Waals surface area contributed by atoms with Gasteiger partial charge < -0.3 is 5.32 Å². The van der Waals surface area contributed by atoms with Crippen molar-refractivity contribution in [2.45, 2.75) is 66.5 Å². The van der Waals surface area contributed by atoms with E-state index in [9.17, 15) is 14.9 Å². The number of aromatic nitrogens is 2. The molecular weight excluding hydrogens is 308 g/mol. The number of nitro groups is 1. The Morgan fingerprint density at radius 3 is 2.54 bits per heavy atom. The molecule has 3 rings (SSSR count). The first-order chi connectivity index (χ1) is 11.1. The lowest BCUT2D eigenvalue weighted by Crippen LogP contribution is -2.47. The first-order valence-electron chi connectivity index (χ1n) is 8.55. The number of amides is 1. The van der Waals surface area contributed by atoms with Crippen molar-refractivity contribution in [3.05, 3.63) is 21.5 Å². The third-order valence-corrected chi connectivity index (χ3v) is 6.95. The summed E-state index contributed by atoms with van der Waals surface area (Å²) < 4.78 is 1.43. The fraction of sp³-hybridized carbons (Fsp3) is 0.765. The lowest BCUT2D eigenvalue weighted by molar-refractivity contribution is -0.386. The molecule has 0 saturated heterocycles. The van der Waals surface area contributed by atoms with Crippen LogP contribution in [0.5, 0.6) is 0 Å². The highest BCUT2D eigenvalue weighted by atomic mass is 16.6. The number of nitrogens with one attached hydrogen (secondary N) is 1. The molecule has 2 saturated carbocycles. The predicted octanol–water partition coefficient (Wildman–Crippen LogP) is 2.74. The molecule has 2 aliphatic carbocycles. The summed E-state index contributed by atoms with van der Waals surface area (Å²) in [4.78, 5) is 23.1. The maximum atomic E-state index is 12.5. The second kappa shape index (κ2) is 5.29. The molecule has 132 valence electrons. The molecule has 1 aromatic rings. The number of rotatable bonds is 4. The van der Waals surface area contributed by atoms with Crippen LogP contribution < -0.4 is 5.32 Å². The van der Waals surface area contributed by atoms with Crippen LogP contribution in [0.1, 0.15) is 51.4 Å². The minimum atomic E-state index is -0.439. The van der Waals surface area contributed by atoms with Crippen LogP contribution in [0, 0.1) is 40.7 Å². The Morgan fingerprint density at radius 2 is 2.08 bits per heavy atom. The fourth-order valence-corrected chi connectivity index (χ4v) is 4.90. The number of hydrogen-bond acceptors (Lipinski definition) is 4. The van der Waals surface area contributed by atoms with E-state index >= 15 is 0 Å². The maximum Gasteiger partial charge on any atom is 0.312 e. The molecule has 0 aliphatic heterocycles. The molecule has 2 aliphatic rings. The van der Waals surface area contributed by atoms with Crippen LogP contribution in [-0.2, 0) is 11.3 Å². The van der Waals surface area contributed by atoms with Gasteiger partial charge in [-0.2, -0.15) is 5.10 Å². The normalized spacial score (nSPS) is 30.5. The van der Waals surface area contributed by atoms with E-state index in [1.807, 2.05) is 0 Å². The van der Waals surface area contributed by atoms with Crippen LogP contribution in [0.15, 0.2) is 0 Å². The van der Waals surface area contributed by atoms with Gasteiger partial charge in [0, 0.05) is 6.04 Å². The van der Waals surface area contributed by atoms with E-state index in [1.165, 1.54) is 11.1 Å². The highest BCUT2D eigenvalue weighted by molar-refractivity contribution is 5.76. The Hall–Kier alpha value is -1.92. The smallest absolute Gasteiger partial charge is 0.312 e. The van der Waals surface area contributed by atoms with Crippen molar-refractivity contribution >= 4 is 11.6 Å². The van der Waals surface area contributed by atoms with Crippen molar-refractivity contribution in [2.75, 3.05) is 0 Å². The van der Waals surface area contributed by atoms with Gasteiger partial charge in [0.15, 0.2) is 0 Å². The SMILES string of the molecule is Cc1nn(CC(=O)N[C@H]2C[C@H]3CC[C@@]2(C)C3(C)C)c(C)c1[N+](=O)[O-]. The molecule has 1 aromatic heterocycles. The molecule has 3 atom stereocenters. The lowest BCUT2D eigenvalue weighted by Gasteiger charge is -2.39. The van der Waals surface area contributed by atoms with Crippen molar-refractivity contribution in [2.24, 2.45) is 16.7 Å². The van der Waals surface area contributed by atoms with Crippen LogP contribution in [-0.4, -0.2) is 26.7 Å². The molecule has 0 radical (unpaired) electrons. The summed E-state index contributed by atoms with van der Waals surface area (Å²) in [6.45, 7) is 10.1. The Balaban J connectivity index is 1.72. The molecule has 24 heavy (non-hydrogen) atoms. The number of nitrogens with zero attached hydrogens (tertiary/aromatic N) is 3. The second-order valence-electron chi connectivity index (χ2n) is 8.16. The molecule has 0 unspecified atom stereocenters. The molecule has 2 fully saturated rings. The molecule has 0 aromatic carbocycles. The van der Waals surface area contributed by atoms with Gasteiger partial charge in [-0.25, -0.2) is 0 Å². The van der Waals surface area contributed by atoms with Gasteiger partial charge in [0.2, 0.25) is 5.91 Å². The summed E-state index contributed by atoms with van der Waals surface area (Å²) in [5.74, 6) is 0.535. The second-order valence-corrected chi connectivity index (χ2v) is 8.16. The van der Waals surface area contributed by atoms with Gasteiger partial charge in [-0.15, -0.1) is 0 Å². The van der Waals surface area contributed by atoms with E-state index in [2.05, 4.69) is 31.2 Å². The summed E-state index contributed by atoms with van der Waals surface area (Å²) in [7, 11) is 0. The van der Waals surface area contributed by atoms with Gasteiger partial charge in [-0.3, -0.25) is 19.6 Å². The number of hydrogen-bond donors (Lipinski definition) is 1. The lowest BCUT2D eigenvalue weighted by atomic mass is 9.69. The third-order valence-electron chi connectivity index (χ3n) is 6.95. The van der Waals surface area contributed by atoms with Gasteiger partial charge in [0.05, 0.1) is 4.92 Å². The van der Waals surface area contributed by atoms with E-state index < -0.39 is 4.92 Å². The zero-order valence-corrected chi connectivity index (χ0v) is 15.0. The van der Waals surface area contributed by atoms with Crippen molar-refractivity contribution in [3.63, 3.8) is 0 Å². The number of carbonyl (C=O) groups is 1. The Kier molecular flexibility index (Phi) is 3.73. The summed E-state index contributed by atoms with van der Waals surface area (Å²) in [5, 5.41) is 18.4. The minimum absolute atomic E-state index is 0.00387. The Labute approximate surface area is 142 Å². The first-order valence-corrected chi connectivity index (χ1v) is 8.55. The highest BCUT2D eigenvalue weighted by Crippen LogP contribution is 2.65. The number of fused-ring (bicyclic) bond motifs is 2. The molecule has 7 nitrogen and oxygen atoms in total. The van der Waals surface area contributed by atoms with Crippen LogP contribution in [0.4, 0.5) is 5.69 Å². The van der Waals surface area contributed by atoms with Gasteiger partial charge >= 0.3 is 5.69 Å². The Bertz CT molecular complexity index is 709. The van der Waals surface area contributed by atoms with Gasteiger partial charge in [-0.1, -0.05) is 20.8 Å². The largest absolute Gasteiger partial charge is 0.351 e. The summed E-state index contributed by atoms with van der Waals surface area (Å²) >= 11 is 0. The maximum absolute atomic E-state index is 12.5. The highest BCUT2D eigenvalue weighted by Gasteiger charge is 2.61. The van der Waals surface area contributed by atoms with Gasteiger partial charge in [0.25, 0.3) is 0 Å². The Morgan fingerprint density at radius 1 is 1.42 bits per heavy atom. The fourth-order valence-electron chi connectivity index (χ4n) is 4.90. The van der Waals surface area contributed by atoms with Crippen LogP contribution >= 0.6 is 0 Å². The zero-order valence-electron chi connectivity index (χ0n) is 15.0. The van der Waals surface area contributed by atoms with E-state index in [0.29, 0.717) is 17.3 Å². The molecule has 1 N–H and O–H groups in total. The molecule has 1 amide bonds. The molecule has 1 heterocycles. The summed E-state index contributed by atoms with van der Waals surface area (Å²) in [6, 6.07) is 0.172. The topological polar surface area (TPSA) is 90.1 Å². The minimum Gasteiger partial charge on any atom is -0.351 e. The van der Waals surface area contributed by atoms with Crippen LogP contribution in [0.2, 0.25) is 0 Å². The van der Waals surface area contributed by atoms with Gasteiger partial charge in [0.1, 0.15) is 17.9 Å². The number of carbonyl (C=O) groups excluding carboxylic acids is 1. The van der Waals surface area contributed by atoms with Crippen LogP contribution in [0.3, 0.4) is 0 Å². The van der Waals surface area contributed by atoms with Crippen LogP contribution in [0.25, 0.3) is 0 Å². The van der Waals surface area contributed by atoms with Crippen molar-refractivity contribution in [1.29, 1.82) is 0 Å². The van der Waals surface area contributed by atoms with Crippen molar-refractivity contribution in [3.8, 4) is 0 Å². The average Bonchev–Trinajstić information content (AvgIpc) is 2.93. The molecule has 0 spiro atoms. The quantitative estimate of drug-likeness (QED) is 0.677. The molecular formula is C17H26N4O3. The van der Waals surface area contributed by atoms with Gasteiger partial charge in [-0.05, 0) is 49.9 Å². The van der Waals surface area contributed by atoms with E-state index in [-0.39, 0.29) is 35.0 Å². The monoisotopic (exact) mass is 334 g/mol. The van der Waals surface area contributed by atoms with Crippen molar-refractivity contribution < 1.29 is 9.72 Å². The first kappa shape index (κ1) is 16.9. The third kappa shape index (κ3) is 2.24. The zero-order chi connectivity index (χ0) is 17.9. The summed E-state index contributed by atoms with van der Waals surface area (Å²) in [6.07, 6.45) is 3.40. The van der Waals surface area contributed by atoms with Crippen molar-refractivity contribution in [1.82, 2.24) is 15.1 Å². The summed E-state index contributed by atoms with van der Waals surface area (Å²) in [5.41, 5.74) is 1.12. The number of aryl methyl sites for hydroxylation is 1. The standard InChI is InChI=1S/C17H26N4O3/c1-10-15(21(23)24)11(2)20(19-10)9-14(22)18-13-8-12-6-7-17(13,5)16(12,3)4/h12-13H,6-9H2,1-5H3,(H,18,22)/t12-,13+,17-/m1/s1. The molecule has 2 bridgehead atoms. The van der Waals surface area contributed by atoms with E-state index in [1.54, 1.807) is 13.8 Å². The van der Waals surface area contributed by atoms with E-state index in [0.717, 1.165) is 12.8 Å². The molecule has 7 heteroatoms. The predicted molar refractivity (Wildman–Crippen MR) is 89.5 cm³/mol. The average molecular weight is 334 g/mol. The van der Waals surface area contributed by atoms with E-state index in [4.69, 9.17) is 0 Å².